The predicted molar refractivity (Wildman–Crippen MR) is 131 cm³/mol. The number of rotatable bonds is 10. The number of hydrogen-bond acceptors (Lipinski definition) is 6. The van der Waals surface area contributed by atoms with E-state index < -0.39 is 22.4 Å². The predicted octanol–water partition coefficient (Wildman–Crippen LogP) is 4.19. The van der Waals surface area contributed by atoms with E-state index in [1.54, 1.807) is 19.1 Å². The van der Waals surface area contributed by atoms with Crippen LogP contribution >= 0.6 is 0 Å². The summed E-state index contributed by atoms with van der Waals surface area (Å²) in [6, 6.07) is 6.92. The Balaban J connectivity index is 1.86. The van der Waals surface area contributed by atoms with E-state index in [-0.39, 0.29) is 34.0 Å². The molecule has 1 aromatic heterocycles. The Kier molecular flexibility index (Phi) is 9.06. The molecular formula is C25H32F2N4O4S. The lowest BCUT2D eigenvalue weighted by molar-refractivity contribution is -0.0499. The number of nitrogens with one attached hydrogen (secondary N) is 1. The minimum Gasteiger partial charge on any atom is -0.433 e. The van der Waals surface area contributed by atoms with Crippen LogP contribution < -0.4 is 10.1 Å². The zero-order valence-electron chi connectivity index (χ0n) is 20.8. The van der Waals surface area contributed by atoms with Crippen LogP contribution in [0.5, 0.6) is 5.75 Å². The van der Waals surface area contributed by atoms with Gasteiger partial charge in [0.2, 0.25) is 0 Å². The highest BCUT2D eigenvalue weighted by atomic mass is 32.2. The van der Waals surface area contributed by atoms with E-state index in [0.29, 0.717) is 50.9 Å². The average Bonchev–Trinajstić information content (AvgIpc) is 3.21. The van der Waals surface area contributed by atoms with Gasteiger partial charge in [0.1, 0.15) is 27.5 Å². The number of nitriles is 1. The van der Waals surface area contributed by atoms with Gasteiger partial charge in [-0.25, -0.2) is 13.4 Å². The first-order valence-electron chi connectivity index (χ1n) is 12.2. The normalized spacial score (nSPS) is 18.1. The lowest BCUT2D eigenvalue weighted by Gasteiger charge is -2.27. The molecule has 1 fully saturated rings. The highest BCUT2D eigenvalue weighted by Gasteiger charge is 2.29. The van der Waals surface area contributed by atoms with Crippen molar-refractivity contribution in [1.29, 1.82) is 5.26 Å². The second-order valence-electron chi connectivity index (χ2n) is 9.14. The molecule has 8 nitrogen and oxygen atoms in total. The zero-order valence-corrected chi connectivity index (χ0v) is 21.6. The molecule has 0 aliphatic heterocycles. The Morgan fingerprint density at radius 1 is 1.28 bits per heavy atom. The fourth-order valence-electron chi connectivity index (χ4n) is 4.69. The molecule has 1 aromatic carbocycles. The number of aromatic nitrogens is 2. The largest absolute Gasteiger partial charge is 0.433 e. The fraction of sp³-hybridized carbons (Fsp3) is 0.560. The minimum absolute atomic E-state index is 0.0625. The van der Waals surface area contributed by atoms with Crippen LogP contribution in [0.3, 0.4) is 0 Å². The third-order valence-corrected chi connectivity index (χ3v) is 8.24. The van der Waals surface area contributed by atoms with Gasteiger partial charge in [-0.15, -0.1) is 0 Å². The smallest absolute Gasteiger partial charge is 0.387 e. The Morgan fingerprint density at radius 2 is 1.97 bits per heavy atom. The van der Waals surface area contributed by atoms with Crippen molar-refractivity contribution in [3.63, 3.8) is 0 Å². The van der Waals surface area contributed by atoms with Crippen molar-refractivity contribution in [1.82, 2.24) is 14.9 Å². The maximum Gasteiger partial charge on any atom is 0.387 e. The lowest BCUT2D eigenvalue weighted by atomic mass is 9.89. The summed E-state index contributed by atoms with van der Waals surface area (Å²) in [5.74, 6) is -0.131. The molecule has 1 aliphatic carbocycles. The van der Waals surface area contributed by atoms with Crippen LogP contribution in [0.1, 0.15) is 73.5 Å². The molecule has 0 radical (unpaired) electrons. The van der Waals surface area contributed by atoms with Crippen LogP contribution in [0.15, 0.2) is 18.2 Å². The van der Waals surface area contributed by atoms with Crippen LogP contribution in [0, 0.1) is 17.2 Å². The molecule has 11 heteroatoms. The van der Waals surface area contributed by atoms with E-state index in [0.717, 1.165) is 12.0 Å². The number of alkyl halides is 2. The van der Waals surface area contributed by atoms with Gasteiger partial charge in [-0.3, -0.25) is 9.36 Å². The summed E-state index contributed by atoms with van der Waals surface area (Å²) in [6.07, 6.45) is 5.56. The number of hydrogen-bond donors (Lipinski definition) is 1. The van der Waals surface area contributed by atoms with Crippen molar-refractivity contribution in [2.24, 2.45) is 5.92 Å². The van der Waals surface area contributed by atoms with Gasteiger partial charge in [0.15, 0.2) is 11.4 Å². The second-order valence-corrected chi connectivity index (χ2v) is 11.5. The third-order valence-electron chi connectivity index (χ3n) is 6.55. The molecule has 3 rings (SSSR count). The molecule has 196 valence electrons. The van der Waals surface area contributed by atoms with E-state index >= 15 is 0 Å². The van der Waals surface area contributed by atoms with E-state index in [1.165, 1.54) is 16.9 Å². The number of amides is 1. The highest BCUT2D eigenvalue weighted by Crippen LogP contribution is 2.31. The van der Waals surface area contributed by atoms with Crippen LogP contribution in [-0.2, 0) is 22.7 Å². The van der Waals surface area contributed by atoms with Gasteiger partial charge < -0.3 is 10.1 Å². The number of imidazole rings is 1. The number of halogens is 2. The average molecular weight is 523 g/mol. The number of nitrogens with zero attached hydrogens (tertiary/aromatic N) is 3. The highest BCUT2D eigenvalue weighted by molar-refractivity contribution is 7.91. The van der Waals surface area contributed by atoms with Gasteiger partial charge in [-0.2, -0.15) is 14.0 Å². The molecular weight excluding hydrogens is 490 g/mol. The number of carbonyl (C=O) groups is 1. The van der Waals surface area contributed by atoms with Gasteiger partial charge >= 0.3 is 6.61 Å². The van der Waals surface area contributed by atoms with E-state index in [1.807, 2.05) is 13.0 Å². The van der Waals surface area contributed by atoms with Crippen molar-refractivity contribution in [2.45, 2.75) is 70.7 Å². The van der Waals surface area contributed by atoms with Crippen molar-refractivity contribution in [3.8, 4) is 17.5 Å². The van der Waals surface area contributed by atoms with Gasteiger partial charge in [0, 0.05) is 19.2 Å². The quantitative estimate of drug-likeness (QED) is 0.500. The maximum absolute atomic E-state index is 13.2. The van der Waals surface area contributed by atoms with E-state index in [4.69, 9.17) is 4.74 Å². The molecule has 1 N–H and O–H groups in total. The topological polar surface area (TPSA) is 114 Å². The molecule has 1 saturated carbocycles. The number of ether oxygens (including phenoxy) is 1. The minimum atomic E-state index is -3.07. The van der Waals surface area contributed by atoms with Crippen LogP contribution in [0.4, 0.5) is 8.78 Å². The van der Waals surface area contributed by atoms with Crippen molar-refractivity contribution >= 4 is 15.7 Å². The maximum atomic E-state index is 13.2. The lowest BCUT2D eigenvalue weighted by Crippen LogP contribution is -2.34. The zero-order chi connectivity index (χ0) is 26.5. The molecule has 0 saturated heterocycles. The second kappa shape index (κ2) is 11.8. The third kappa shape index (κ3) is 6.40. The van der Waals surface area contributed by atoms with Gasteiger partial charge in [0.25, 0.3) is 5.91 Å². The van der Waals surface area contributed by atoms with Crippen LogP contribution in [0.25, 0.3) is 5.69 Å². The van der Waals surface area contributed by atoms with Gasteiger partial charge in [0.05, 0.1) is 10.9 Å². The van der Waals surface area contributed by atoms with E-state index in [2.05, 4.69) is 10.3 Å². The molecule has 2 aromatic rings. The Hall–Kier alpha value is -3.00. The summed E-state index contributed by atoms with van der Waals surface area (Å²) < 4.78 is 56.1. The molecule has 1 aliphatic rings. The Morgan fingerprint density at radius 3 is 2.53 bits per heavy atom. The standard InChI is InChI=1S/C25H32F2N4O4S/c1-4-6-16-9-12-19(21(13-16)35-25(26)27)31-20(14-28)23(30-22(31)5-2)24(32)29-15-17-7-10-18(11-8-17)36(3,33)34/h9,12-13,17-18,25H,4-8,10-11,15H2,1-3H3,(H,29,32). The molecule has 1 amide bonds. The van der Waals surface area contributed by atoms with Gasteiger partial charge in [-0.1, -0.05) is 26.3 Å². The van der Waals surface area contributed by atoms with Crippen molar-refractivity contribution in [3.05, 3.63) is 41.0 Å². The first-order valence-corrected chi connectivity index (χ1v) is 14.1. The summed E-state index contributed by atoms with van der Waals surface area (Å²) in [7, 11) is -3.07. The molecule has 0 atom stereocenters. The summed E-state index contributed by atoms with van der Waals surface area (Å²) in [5, 5.41) is 12.4. The molecule has 1 heterocycles. The van der Waals surface area contributed by atoms with E-state index in [9.17, 15) is 27.3 Å². The number of carbonyl (C=O) groups excluding carboxylic acids is 1. The number of sulfone groups is 1. The van der Waals surface area contributed by atoms with Crippen molar-refractivity contribution in [2.75, 3.05) is 12.8 Å². The van der Waals surface area contributed by atoms with Gasteiger partial charge in [-0.05, 0) is 55.7 Å². The summed E-state index contributed by atoms with van der Waals surface area (Å²) >= 11 is 0. The Labute approximate surface area is 210 Å². The molecule has 36 heavy (non-hydrogen) atoms. The molecule has 0 spiro atoms. The first-order chi connectivity index (χ1) is 17.1. The summed E-state index contributed by atoms with van der Waals surface area (Å²) in [4.78, 5) is 17.4. The monoisotopic (exact) mass is 522 g/mol. The number of benzene rings is 1. The molecule has 0 unspecified atom stereocenters. The van der Waals surface area contributed by atoms with Crippen LogP contribution in [0.2, 0.25) is 0 Å². The van der Waals surface area contributed by atoms with Crippen LogP contribution in [-0.4, -0.2) is 48.5 Å². The Bertz CT molecular complexity index is 1230. The summed E-state index contributed by atoms with van der Waals surface area (Å²) in [6.45, 7) is 1.05. The summed E-state index contributed by atoms with van der Waals surface area (Å²) in [5.41, 5.74) is 0.888. The number of aryl methyl sites for hydroxylation is 2. The van der Waals surface area contributed by atoms with Crippen molar-refractivity contribution < 1.29 is 26.7 Å². The fourth-order valence-corrected chi connectivity index (χ4v) is 5.82. The first kappa shape index (κ1) is 27.6. The molecule has 0 bridgehead atoms. The SMILES string of the molecule is CCCc1ccc(-n2c(CC)nc(C(=O)NCC3CCC(S(C)(=O)=O)CC3)c2C#N)c(OC(F)F)c1.